The summed E-state index contributed by atoms with van der Waals surface area (Å²) >= 11 is 0. The molecule has 0 amide bonds. The lowest BCUT2D eigenvalue weighted by molar-refractivity contribution is 0.112. The lowest BCUT2D eigenvalue weighted by atomic mass is 9.86. The maximum atomic E-state index is 5.43. The lowest BCUT2D eigenvalue weighted by Crippen LogP contribution is -2.10. The molecule has 1 nitrogen and oxygen atoms in total. The average molecular weight is 124 g/mol. The van der Waals surface area contributed by atoms with Gasteiger partial charge in [-0.3, -0.25) is 0 Å². The van der Waals surface area contributed by atoms with Crippen LogP contribution in [-0.4, -0.2) is 20.6 Å². The van der Waals surface area contributed by atoms with Gasteiger partial charge in [0, 0.05) is 0 Å². The number of hydrogen-bond acceptors (Lipinski definition) is 1. The van der Waals surface area contributed by atoms with Crippen LogP contribution in [0.4, 0.5) is 0 Å². The molecule has 0 aliphatic carbocycles. The predicted molar refractivity (Wildman–Crippen MR) is 38.7 cm³/mol. The molecular formula is C7H13BO. The molecule has 1 aliphatic rings. The van der Waals surface area contributed by atoms with Crippen molar-refractivity contribution in [1.29, 1.82) is 0 Å². The average Bonchev–Trinajstić information content (AvgIpc) is 2.10. The first kappa shape index (κ1) is 7.14. The Bertz CT molecular complexity index is 101. The minimum Gasteiger partial charge on any atom is -0.378 e. The molecule has 50 valence electrons. The summed E-state index contributed by atoms with van der Waals surface area (Å²) in [6.45, 7) is 5.29. The second kappa shape index (κ2) is 2.33. The van der Waals surface area contributed by atoms with Crippen molar-refractivity contribution in [2.45, 2.75) is 32.7 Å². The third-order valence-corrected chi connectivity index (χ3v) is 1.75. The highest BCUT2D eigenvalue weighted by Gasteiger charge is 2.30. The zero-order valence-electron chi connectivity index (χ0n) is 6.18. The van der Waals surface area contributed by atoms with Crippen LogP contribution in [0.15, 0.2) is 0 Å². The molecule has 1 heterocycles. The summed E-state index contributed by atoms with van der Waals surface area (Å²) in [5.41, 5.74) is 0.365. The third kappa shape index (κ3) is 1.72. The van der Waals surface area contributed by atoms with Crippen LogP contribution in [0.25, 0.3) is 0 Å². The molecule has 0 N–H and O–H groups in total. The van der Waals surface area contributed by atoms with Gasteiger partial charge < -0.3 is 4.74 Å². The summed E-state index contributed by atoms with van der Waals surface area (Å²) in [6, 6.07) is 0. The maximum absolute atomic E-state index is 5.43. The molecule has 1 aliphatic heterocycles. The molecule has 0 aromatic heterocycles. The fourth-order valence-electron chi connectivity index (χ4n) is 1.23. The van der Waals surface area contributed by atoms with E-state index >= 15 is 0 Å². The number of hydrogen-bond donors (Lipinski definition) is 0. The first-order valence-electron chi connectivity index (χ1n) is 3.46. The van der Waals surface area contributed by atoms with E-state index in [1.54, 1.807) is 0 Å². The highest BCUT2D eigenvalue weighted by atomic mass is 16.5. The Kier molecular flexibility index (Phi) is 1.85. The topological polar surface area (TPSA) is 9.23 Å². The minimum absolute atomic E-state index is 0.319. The largest absolute Gasteiger partial charge is 0.378 e. The van der Waals surface area contributed by atoms with Crippen molar-refractivity contribution in [2.24, 2.45) is 5.41 Å². The van der Waals surface area contributed by atoms with Crippen LogP contribution in [0, 0.1) is 5.41 Å². The van der Waals surface area contributed by atoms with Gasteiger partial charge in [-0.05, 0) is 11.8 Å². The molecule has 0 saturated carbocycles. The predicted octanol–water partition coefficient (Wildman–Crippen LogP) is 1.39. The first-order chi connectivity index (χ1) is 4.14. The highest BCUT2D eigenvalue weighted by Crippen LogP contribution is 2.32. The van der Waals surface area contributed by atoms with E-state index in [-0.39, 0.29) is 0 Å². The van der Waals surface area contributed by atoms with E-state index in [0.29, 0.717) is 17.8 Å². The van der Waals surface area contributed by atoms with Gasteiger partial charge in [0.15, 0.2) is 0 Å². The van der Waals surface area contributed by atoms with Crippen molar-refractivity contribution in [1.82, 2.24) is 0 Å². The smallest absolute Gasteiger partial charge is 0.0688 e. The monoisotopic (exact) mass is 124 g/mol. The van der Waals surface area contributed by atoms with E-state index in [0.717, 1.165) is 13.0 Å². The Hall–Kier alpha value is 0.0249. The van der Waals surface area contributed by atoms with Gasteiger partial charge in [-0.1, -0.05) is 20.2 Å². The van der Waals surface area contributed by atoms with Gasteiger partial charge in [-0.15, -0.1) is 0 Å². The van der Waals surface area contributed by atoms with Gasteiger partial charge >= 0.3 is 0 Å². The Morgan fingerprint density at radius 1 is 1.67 bits per heavy atom. The molecule has 0 bridgehead atoms. The summed E-state index contributed by atoms with van der Waals surface area (Å²) in [5.74, 6) is 0. The van der Waals surface area contributed by atoms with Gasteiger partial charge in [-0.25, -0.2) is 0 Å². The summed E-state index contributed by atoms with van der Waals surface area (Å²) in [4.78, 5) is 0. The second-order valence-electron chi connectivity index (χ2n) is 3.54. The SMILES string of the molecule is [B]C[C@H]1CC(C)(C)CO1. The van der Waals surface area contributed by atoms with Crippen LogP contribution in [0.2, 0.25) is 6.32 Å². The van der Waals surface area contributed by atoms with Crippen molar-refractivity contribution in [3.8, 4) is 0 Å². The van der Waals surface area contributed by atoms with Crippen molar-refractivity contribution < 1.29 is 4.74 Å². The van der Waals surface area contributed by atoms with Gasteiger partial charge in [0.25, 0.3) is 0 Å². The zero-order chi connectivity index (χ0) is 6.91. The van der Waals surface area contributed by atoms with Gasteiger partial charge in [0.1, 0.15) is 0 Å². The van der Waals surface area contributed by atoms with E-state index in [2.05, 4.69) is 13.8 Å². The molecule has 0 aromatic carbocycles. The highest BCUT2D eigenvalue weighted by molar-refractivity contribution is 6.08. The summed E-state index contributed by atoms with van der Waals surface area (Å²) in [7, 11) is 5.43. The van der Waals surface area contributed by atoms with Crippen LogP contribution >= 0.6 is 0 Å². The minimum atomic E-state index is 0.319. The Morgan fingerprint density at radius 2 is 2.33 bits per heavy atom. The number of rotatable bonds is 1. The van der Waals surface area contributed by atoms with Crippen LogP contribution in [0.1, 0.15) is 20.3 Å². The summed E-state index contributed by atoms with van der Waals surface area (Å²) in [5, 5.41) is 0. The molecule has 0 spiro atoms. The normalized spacial score (nSPS) is 32.9. The Morgan fingerprint density at radius 3 is 2.56 bits per heavy atom. The number of ether oxygens (including phenoxy) is 1. The molecule has 0 unspecified atom stereocenters. The van der Waals surface area contributed by atoms with Crippen molar-refractivity contribution in [2.75, 3.05) is 6.61 Å². The Balaban J connectivity index is 2.38. The molecule has 0 aromatic rings. The van der Waals surface area contributed by atoms with Gasteiger partial charge in [-0.2, -0.15) is 0 Å². The zero-order valence-corrected chi connectivity index (χ0v) is 6.18. The van der Waals surface area contributed by atoms with Crippen molar-refractivity contribution >= 4 is 7.85 Å². The van der Waals surface area contributed by atoms with Crippen LogP contribution in [-0.2, 0) is 4.74 Å². The molecule has 1 saturated heterocycles. The molecule has 1 rings (SSSR count). The van der Waals surface area contributed by atoms with E-state index in [1.807, 2.05) is 0 Å². The van der Waals surface area contributed by atoms with E-state index < -0.39 is 0 Å². The quantitative estimate of drug-likeness (QED) is 0.480. The molecule has 2 heteroatoms. The lowest BCUT2D eigenvalue weighted by Gasteiger charge is -2.12. The van der Waals surface area contributed by atoms with Crippen LogP contribution in [0.5, 0.6) is 0 Å². The van der Waals surface area contributed by atoms with Crippen molar-refractivity contribution in [3.63, 3.8) is 0 Å². The molecule has 1 fully saturated rings. The summed E-state index contributed by atoms with van der Waals surface area (Å²) < 4.78 is 5.39. The van der Waals surface area contributed by atoms with Crippen LogP contribution in [0.3, 0.4) is 0 Å². The fraction of sp³-hybridized carbons (Fsp3) is 1.00. The molecule has 9 heavy (non-hydrogen) atoms. The van der Waals surface area contributed by atoms with E-state index in [1.165, 1.54) is 0 Å². The van der Waals surface area contributed by atoms with E-state index in [4.69, 9.17) is 12.6 Å². The first-order valence-corrected chi connectivity index (χ1v) is 3.46. The van der Waals surface area contributed by atoms with Crippen LogP contribution < -0.4 is 0 Å². The van der Waals surface area contributed by atoms with Gasteiger partial charge in [0.2, 0.25) is 0 Å². The molecule has 1 atom stereocenters. The molecular weight excluding hydrogens is 111 g/mol. The van der Waals surface area contributed by atoms with Gasteiger partial charge in [0.05, 0.1) is 20.6 Å². The molecule has 2 radical (unpaired) electrons. The standard InChI is InChI=1S/C7H13BO/c1-7(2)3-6(4-8)9-5-7/h6H,3-5H2,1-2H3/t6-/m1/s1. The fourth-order valence-corrected chi connectivity index (χ4v) is 1.23. The van der Waals surface area contributed by atoms with E-state index in [9.17, 15) is 0 Å². The third-order valence-electron chi connectivity index (χ3n) is 1.75. The summed E-state index contributed by atoms with van der Waals surface area (Å²) in [6.07, 6.45) is 2.10. The second-order valence-corrected chi connectivity index (χ2v) is 3.54. The maximum Gasteiger partial charge on any atom is 0.0688 e. The van der Waals surface area contributed by atoms with Crippen molar-refractivity contribution in [3.05, 3.63) is 0 Å². The Labute approximate surface area is 58.2 Å².